The van der Waals surface area contributed by atoms with E-state index < -0.39 is 0 Å². The van der Waals surface area contributed by atoms with Gasteiger partial charge < -0.3 is 0 Å². The average Bonchev–Trinajstić information content (AvgIpc) is 2.15. The van der Waals surface area contributed by atoms with Gasteiger partial charge in [0.05, 0.1) is 0 Å². The Bertz CT molecular complexity index is 225. The molecule has 0 spiro atoms. The predicted octanol–water partition coefficient (Wildman–Crippen LogP) is 3.46. The second kappa shape index (κ2) is 2.67. The first-order valence-electron chi connectivity index (χ1n) is 2.61. The van der Waals surface area contributed by atoms with Crippen molar-refractivity contribution in [1.82, 2.24) is 0 Å². The molecule has 0 saturated heterocycles. The number of halogens is 1. The van der Waals surface area contributed by atoms with Crippen molar-refractivity contribution < 1.29 is 0 Å². The predicted molar refractivity (Wildman–Crippen MR) is 46.8 cm³/mol. The normalized spacial score (nSPS) is 9.56. The van der Waals surface area contributed by atoms with Gasteiger partial charge in [0.25, 0.3) is 0 Å². The zero-order chi connectivity index (χ0) is 6.85. The van der Waals surface area contributed by atoms with E-state index in [1.807, 2.05) is 6.08 Å². The molecule has 0 N–H and O–H groups in total. The minimum atomic E-state index is 1.18. The van der Waals surface area contributed by atoms with E-state index in [-0.39, 0.29) is 0 Å². The van der Waals surface area contributed by atoms with Gasteiger partial charge in [0.1, 0.15) is 0 Å². The van der Waals surface area contributed by atoms with Gasteiger partial charge in [-0.3, -0.25) is 0 Å². The molecule has 0 aliphatic carbocycles. The first-order chi connectivity index (χ1) is 4.25. The molecule has 0 saturated carbocycles. The van der Waals surface area contributed by atoms with Crippen molar-refractivity contribution in [1.29, 1.82) is 0 Å². The first-order valence-corrected chi connectivity index (χ1v) is 4.29. The van der Waals surface area contributed by atoms with Gasteiger partial charge in [0.15, 0.2) is 0 Å². The fourth-order valence-corrected chi connectivity index (χ4v) is 2.08. The Morgan fingerprint density at radius 1 is 1.78 bits per heavy atom. The molecular weight excluding hydrogens is 196 g/mol. The molecule has 0 unspecified atom stereocenters. The van der Waals surface area contributed by atoms with E-state index in [9.17, 15) is 0 Å². The van der Waals surface area contributed by atoms with Gasteiger partial charge in [-0.05, 0) is 33.8 Å². The molecule has 0 nitrogen and oxygen atoms in total. The maximum absolute atomic E-state index is 3.69. The Morgan fingerprint density at radius 2 is 2.44 bits per heavy atom. The van der Waals surface area contributed by atoms with E-state index in [0.717, 1.165) is 0 Å². The third-order valence-electron chi connectivity index (χ3n) is 1.11. The quantitative estimate of drug-likeness (QED) is 0.655. The zero-order valence-corrected chi connectivity index (χ0v) is 7.55. The SMILES string of the molecule is C=Cc1scc(C)c1Br. The van der Waals surface area contributed by atoms with Crippen LogP contribution in [0.1, 0.15) is 10.4 Å². The van der Waals surface area contributed by atoms with E-state index in [1.54, 1.807) is 11.3 Å². The summed E-state index contributed by atoms with van der Waals surface area (Å²) >= 11 is 5.16. The van der Waals surface area contributed by atoms with Crippen molar-refractivity contribution >= 4 is 33.3 Å². The summed E-state index contributed by atoms with van der Waals surface area (Å²) in [5, 5.41) is 2.11. The molecule has 1 rings (SSSR count). The smallest absolute Gasteiger partial charge is 0.0409 e. The third-order valence-corrected chi connectivity index (χ3v) is 3.52. The van der Waals surface area contributed by atoms with Crippen LogP contribution in [0.4, 0.5) is 0 Å². The number of hydrogen-bond acceptors (Lipinski definition) is 1. The van der Waals surface area contributed by atoms with Crippen molar-refractivity contribution in [2.45, 2.75) is 6.92 Å². The molecule has 0 aromatic carbocycles. The van der Waals surface area contributed by atoms with Gasteiger partial charge in [-0.15, -0.1) is 11.3 Å². The van der Waals surface area contributed by atoms with Gasteiger partial charge in [0.2, 0.25) is 0 Å². The van der Waals surface area contributed by atoms with Crippen LogP contribution in [-0.4, -0.2) is 0 Å². The highest BCUT2D eigenvalue weighted by atomic mass is 79.9. The van der Waals surface area contributed by atoms with Gasteiger partial charge in [-0.1, -0.05) is 12.7 Å². The van der Waals surface area contributed by atoms with Crippen LogP contribution in [0, 0.1) is 6.92 Å². The zero-order valence-electron chi connectivity index (χ0n) is 5.15. The lowest BCUT2D eigenvalue weighted by atomic mass is 10.3. The summed E-state index contributed by atoms with van der Waals surface area (Å²) in [6, 6.07) is 0. The summed E-state index contributed by atoms with van der Waals surface area (Å²) in [6.07, 6.45) is 1.86. The highest BCUT2D eigenvalue weighted by molar-refractivity contribution is 9.10. The molecule has 1 aromatic heterocycles. The van der Waals surface area contributed by atoms with Crippen molar-refractivity contribution in [3.8, 4) is 0 Å². The summed E-state index contributed by atoms with van der Waals surface area (Å²) in [7, 11) is 0. The number of hydrogen-bond donors (Lipinski definition) is 0. The average molecular weight is 203 g/mol. The summed E-state index contributed by atoms with van der Waals surface area (Å²) < 4.78 is 1.18. The lowest BCUT2D eigenvalue weighted by molar-refractivity contribution is 1.51. The molecule has 1 aromatic rings. The molecule has 0 fully saturated rings. The van der Waals surface area contributed by atoms with E-state index in [1.165, 1.54) is 14.9 Å². The minimum absolute atomic E-state index is 1.18. The lowest BCUT2D eigenvalue weighted by Crippen LogP contribution is -1.63. The number of rotatable bonds is 1. The van der Waals surface area contributed by atoms with E-state index >= 15 is 0 Å². The summed E-state index contributed by atoms with van der Waals surface area (Å²) in [6.45, 7) is 5.76. The van der Waals surface area contributed by atoms with Crippen molar-refractivity contribution in [2.75, 3.05) is 0 Å². The molecular formula is C7H7BrS. The Labute approximate surface area is 67.3 Å². The highest BCUT2D eigenvalue weighted by Gasteiger charge is 1.99. The lowest BCUT2D eigenvalue weighted by Gasteiger charge is -1.85. The van der Waals surface area contributed by atoms with Crippen molar-refractivity contribution in [2.24, 2.45) is 0 Å². The van der Waals surface area contributed by atoms with E-state index in [4.69, 9.17) is 0 Å². The van der Waals surface area contributed by atoms with Crippen LogP contribution in [0.25, 0.3) is 6.08 Å². The van der Waals surface area contributed by atoms with Crippen LogP contribution in [0.2, 0.25) is 0 Å². The summed E-state index contributed by atoms with van der Waals surface area (Å²) in [4.78, 5) is 1.22. The molecule has 9 heavy (non-hydrogen) atoms. The van der Waals surface area contributed by atoms with Crippen LogP contribution in [0.15, 0.2) is 16.4 Å². The molecule has 0 atom stereocenters. The molecule has 0 aliphatic heterocycles. The largest absolute Gasteiger partial charge is 0.143 e. The molecule has 0 bridgehead atoms. The summed E-state index contributed by atoms with van der Waals surface area (Å²) in [5.74, 6) is 0. The minimum Gasteiger partial charge on any atom is -0.143 e. The number of thiophene rings is 1. The van der Waals surface area contributed by atoms with E-state index in [2.05, 4.69) is 34.8 Å². The van der Waals surface area contributed by atoms with Crippen LogP contribution in [-0.2, 0) is 0 Å². The summed E-state index contributed by atoms with van der Waals surface area (Å²) in [5.41, 5.74) is 1.29. The van der Waals surface area contributed by atoms with Crippen LogP contribution in [0.3, 0.4) is 0 Å². The second-order valence-electron chi connectivity index (χ2n) is 1.80. The van der Waals surface area contributed by atoms with Crippen LogP contribution in [0.5, 0.6) is 0 Å². The van der Waals surface area contributed by atoms with Crippen LogP contribution < -0.4 is 0 Å². The first kappa shape index (κ1) is 7.03. The topological polar surface area (TPSA) is 0 Å². The highest BCUT2D eigenvalue weighted by Crippen LogP contribution is 2.27. The molecule has 0 radical (unpaired) electrons. The second-order valence-corrected chi connectivity index (χ2v) is 3.51. The standard InChI is InChI=1S/C7H7BrS/c1-3-6-7(8)5(2)4-9-6/h3-4H,1H2,2H3. The van der Waals surface area contributed by atoms with Crippen LogP contribution >= 0.6 is 27.3 Å². The van der Waals surface area contributed by atoms with Gasteiger partial charge in [-0.2, -0.15) is 0 Å². The molecule has 1 heterocycles. The molecule has 0 amide bonds. The van der Waals surface area contributed by atoms with Gasteiger partial charge in [0, 0.05) is 9.35 Å². The maximum atomic E-state index is 3.69. The maximum Gasteiger partial charge on any atom is 0.0409 e. The fraction of sp³-hybridized carbons (Fsp3) is 0.143. The van der Waals surface area contributed by atoms with Gasteiger partial charge in [-0.25, -0.2) is 0 Å². The molecule has 2 heteroatoms. The Balaban J connectivity index is 3.18. The third kappa shape index (κ3) is 1.25. The Morgan fingerprint density at radius 3 is 2.67 bits per heavy atom. The Hall–Kier alpha value is -0.0800. The van der Waals surface area contributed by atoms with Crippen molar-refractivity contribution in [3.63, 3.8) is 0 Å². The molecule has 0 aliphatic rings. The fourth-order valence-electron chi connectivity index (χ4n) is 0.587. The van der Waals surface area contributed by atoms with Gasteiger partial charge >= 0.3 is 0 Å². The van der Waals surface area contributed by atoms with Crippen molar-refractivity contribution in [3.05, 3.63) is 26.9 Å². The molecule has 48 valence electrons. The monoisotopic (exact) mass is 202 g/mol. The Kier molecular flexibility index (Phi) is 2.09. The van der Waals surface area contributed by atoms with E-state index in [0.29, 0.717) is 0 Å². The number of aryl methyl sites for hydroxylation is 1.